The molecular weight excluding hydrogens is 188 g/mol. The molecule has 0 aliphatic rings. The van der Waals surface area contributed by atoms with Crippen LogP contribution in [0.2, 0.25) is 0 Å². The van der Waals surface area contributed by atoms with Crippen molar-refractivity contribution in [3.63, 3.8) is 0 Å². The van der Waals surface area contributed by atoms with Crippen molar-refractivity contribution in [2.75, 3.05) is 7.11 Å². The minimum Gasteiger partial charge on any atom is -0.378 e. The van der Waals surface area contributed by atoms with E-state index in [4.69, 9.17) is 4.74 Å². The van der Waals surface area contributed by atoms with Crippen LogP contribution in [0.25, 0.3) is 0 Å². The molecule has 82 valence electrons. The third-order valence-electron chi connectivity index (χ3n) is 2.58. The van der Waals surface area contributed by atoms with Crippen molar-refractivity contribution < 1.29 is 9.53 Å². The van der Waals surface area contributed by atoms with Gasteiger partial charge in [0.05, 0.1) is 5.60 Å². The zero-order valence-corrected chi connectivity index (χ0v) is 9.83. The molecule has 0 saturated carbocycles. The number of ether oxygens (including phenoxy) is 1. The molecule has 0 aliphatic carbocycles. The van der Waals surface area contributed by atoms with Crippen LogP contribution < -0.4 is 0 Å². The summed E-state index contributed by atoms with van der Waals surface area (Å²) in [5, 5.41) is 0. The molecule has 15 heavy (non-hydrogen) atoms. The van der Waals surface area contributed by atoms with Gasteiger partial charge >= 0.3 is 0 Å². The van der Waals surface area contributed by atoms with Crippen molar-refractivity contribution in [1.29, 1.82) is 0 Å². The fourth-order valence-corrected chi connectivity index (χ4v) is 1.44. The van der Waals surface area contributed by atoms with Gasteiger partial charge in [-0.1, -0.05) is 24.3 Å². The van der Waals surface area contributed by atoms with Crippen LogP contribution in [-0.2, 0) is 4.74 Å². The number of Topliss-reactive ketones (excluding diaryl/α,β-unsaturated/α-hetero) is 1. The lowest BCUT2D eigenvalue weighted by atomic mass is 9.95. The summed E-state index contributed by atoms with van der Waals surface area (Å²) in [4.78, 5) is 12.0. The van der Waals surface area contributed by atoms with Gasteiger partial charge in [-0.3, -0.25) is 4.79 Å². The van der Waals surface area contributed by atoms with E-state index in [9.17, 15) is 4.79 Å². The average molecular weight is 206 g/mol. The van der Waals surface area contributed by atoms with Gasteiger partial charge in [-0.2, -0.15) is 0 Å². The summed E-state index contributed by atoms with van der Waals surface area (Å²) < 4.78 is 5.25. The Balaban J connectivity index is 2.83. The molecule has 0 saturated heterocycles. The third kappa shape index (κ3) is 3.17. The zero-order valence-electron chi connectivity index (χ0n) is 9.83. The molecule has 0 fully saturated rings. The number of hydrogen-bond acceptors (Lipinski definition) is 2. The van der Waals surface area contributed by atoms with Crippen molar-refractivity contribution in [2.45, 2.75) is 32.8 Å². The second-order valence-electron chi connectivity index (χ2n) is 4.38. The number of hydrogen-bond donors (Lipinski definition) is 0. The highest BCUT2D eigenvalue weighted by molar-refractivity contribution is 5.97. The molecule has 2 heteroatoms. The fraction of sp³-hybridized carbons (Fsp3) is 0.462. The first-order chi connectivity index (χ1) is 6.96. The predicted molar refractivity (Wildman–Crippen MR) is 61.2 cm³/mol. The van der Waals surface area contributed by atoms with Gasteiger partial charge in [-0.25, -0.2) is 0 Å². The van der Waals surface area contributed by atoms with Gasteiger partial charge in [-0.05, 0) is 26.3 Å². The normalized spacial score (nSPS) is 11.5. The number of aryl methyl sites for hydroxylation is 1. The Morgan fingerprint density at radius 3 is 2.47 bits per heavy atom. The van der Waals surface area contributed by atoms with Crippen LogP contribution in [0.4, 0.5) is 0 Å². The Morgan fingerprint density at radius 2 is 1.93 bits per heavy atom. The second kappa shape index (κ2) is 4.58. The quantitative estimate of drug-likeness (QED) is 0.708. The van der Waals surface area contributed by atoms with Gasteiger partial charge in [0.2, 0.25) is 0 Å². The number of rotatable bonds is 4. The Morgan fingerprint density at radius 1 is 1.33 bits per heavy atom. The highest BCUT2D eigenvalue weighted by Crippen LogP contribution is 2.18. The van der Waals surface area contributed by atoms with E-state index in [2.05, 4.69) is 0 Å². The van der Waals surface area contributed by atoms with Gasteiger partial charge in [0, 0.05) is 19.1 Å². The van der Waals surface area contributed by atoms with E-state index in [1.165, 1.54) is 0 Å². The van der Waals surface area contributed by atoms with E-state index >= 15 is 0 Å². The second-order valence-corrected chi connectivity index (χ2v) is 4.38. The fourth-order valence-electron chi connectivity index (χ4n) is 1.44. The number of carbonyl (C=O) groups is 1. The lowest BCUT2D eigenvalue weighted by molar-refractivity contribution is 0.0172. The molecule has 0 atom stereocenters. The number of benzene rings is 1. The highest BCUT2D eigenvalue weighted by atomic mass is 16.5. The maximum atomic E-state index is 12.0. The van der Waals surface area contributed by atoms with Crippen LogP contribution in [0.15, 0.2) is 24.3 Å². The molecule has 0 radical (unpaired) electrons. The topological polar surface area (TPSA) is 26.3 Å². The molecule has 2 nitrogen and oxygen atoms in total. The van der Waals surface area contributed by atoms with Gasteiger partial charge < -0.3 is 4.74 Å². The van der Waals surface area contributed by atoms with Crippen LogP contribution in [0.5, 0.6) is 0 Å². The Bertz CT molecular complexity index is 353. The van der Waals surface area contributed by atoms with Crippen LogP contribution in [0.3, 0.4) is 0 Å². The van der Waals surface area contributed by atoms with E-state index in [-0.39, 0.29) is 11.4 Å². The van der Waals surface area contributed by atoms with Gasteiger partial charge in [0.25, 0.3) is 0 Å². The summed E-state index contributed by atoms with van der Waals surface area (Å²) in [7, 11) is 1.63. The standard InChI is InChI=1S/C13H18O2/c1-10-7-5-6-8-11(10)12(14)9-13(2,3)15-4/h5-8H,9H2,1-4H3. The Kier molecular flexibility index (Phi) is 3.64. The Labute approximate surface area is 91.3 Å². The smallest absolute Gasteiger partial charge is 0.165 e. The van der Waals surface area contributed by atoms with Crippen molar-refractivity contribution in [1.82, 2.24) is 0 Å². The van der Waals surface area contributed by atoms with Gasteiger partial charge in [0.1, 0.15) is 0 Å². The molecule has 0 unspecified atom stereocenters. The summed E-state index contributed by atoms with van der Waals surface area (Å²) in [6.45, 7) is 5.79. The predicted octanol–water partition coefficient (Wildman–Crippen LogP) is 2.99. The lowest BCUT2D eigenvalue weighted by Crippen LogP contribution is -2.26. The third-order valence-corrected chi connectivity index (χ3v) is 2.58. The summed E-state index contributed by atoms with van der Waals surface area (Å²) in [5.41, 5.74) is 1.43. The summed E-state index contributed by atoms with van der Waals surface area (Å²) >= 11 is 0. The summed E-state index contributed by atoms with van der Waals surface area (Å²) in [5.74, 6) is 0.139. The highest BCUT2D eigenvalue weighted by Gasteiger charge is 2.22. The molecule has 0 bridgehead atoms. The van der Waals surface area contributed by atoms with E-state index in [1.807, 2.05) is 45.0 Å². The minimum atomic E-state index is -0.390. The first-order valence-electron chi connectivity index (χ1n) is 5.10. The molecule has 0 aromatic heterocycles. The molecule has 0 aliphatic heterocycles. The molecule has 0 amide bonds. The van der Waals surface area contributed by atoms with Crippen LogP contribution in [0.1, 0.15) is 36.2 Å². The average Bonchev–Trinajstić information content (AvgIpc) is 2.17. The molecule has 0 heterocycles. The molecular formula is C13H18O2. The maximum Gasteiger partial charge on any atom is 0.165 e. The van der Waals surface area contributed by atoms with Crippen LogP contribution in [0, 0.1) is 6.92 Å². The largest absolute Gasteiger partial charge is 0.378 e. The monoisotopic (exact) mass is 206 g/mol. The van der Waals surface area contributed by atoms with E-state index in [1.54, 1.807) is 7.11 Å². The molecule has 1 rings (SSSR count). The van der Waals surface area contributed by atoms with E-state index in [0.29, 0.717) is 6.42 Å². The zero-order chi connectivity index (χ0) is 11.5. The molecule has 1 aromatic rings. The minimum absolute atomic E-state index is 0.139. The Hall–Kier alpha value is -1.15. The molecule has 0 N–H and O–H groups in total. The van der Waals surface area contributed by atoms with Crippen molar-refractivity contribution >= 4 is 5.78 Å². The summed E-state index contributed by atoms with van der Waals surface area (Å²) in [6, 6.07) is 7.64. The van der Waals surface area contributed by atoms with E-state index in [0.717, 1.165) is 11.1 Å². The van der Waals surface area contributed by atoms with Crippen molar-refractivity contribution in [3.8, 4) is 0 Å². The molecule has 0 spiro atoms. The van der Waals surface area contributed by atoms with Crippen LogP contribution in [-0.4, -0.2) is 18.5 Å². The molecule has 1 aromatic carbocycles. The lowest BCUT2D eigenvalue weighted by Gasteiger charge is -2.22. The first kappa shape index (κ1) is 11.9. The maximum absolute atomic E-state index is 12.0. The van der Waals surface area contributed by atoms with Gasteiger partial charge in [0.15, 0.2) is 5.78 Å². The van der Waals surface area contributed by atoms with E-state index < -0.39 is 0 Å². The van der Waals surface area contributed by atoms with Crippen LogP contribution >= 0.6 is 0 Å². The first-order valence-corrected chi connectivity index (χ1v) is 5.10. The van der Waals surface area contributed by atoms with Crippen molar-refractivity contribution in [3.05, 3.63) is 35.4 Å². The summed E-state index contributed by atoms with van der Waals surface area (Å²) in [6.07, 6.45) is 0.411. The number of carbonyl (C=O) groups excluding carboxylic acids is 1. The van der Waals surface area contributed by atoms with Gasteiger partial charge in [-0.15, -0.1) is 0 Å². The number of ketones is 1. The SMILES string of the molecule is COC(C)(C)CC(=O)c1ccccc1C. The number of methoxy groups -OCH3 is 1. The van der Waals surface area contributed by atoms with Crippen molar-refractivity contribution in [2.24, 2.45) is 0 Å².